The van der Waals surface area contributed by atoms with Gasteiger partial charge in [0.1, 0.15) is 34.5 Å². The van der Waals surface area contributed by atoms with Crippen LogP contribution in [-0.4, -0.2) is 19.8 Å². The second-order valence-corrected chi connectivity index (χ2v) is 44.0. The van der Waals surface area contributed by atoms with Crippen LogP contribution in [0.2, 0.25) is 0 Å². The van der Waals surface area contributed by atoms with Crippen LogP contribution in [0.1, 0.15) is 504 Å². The Morgan fingerprint density at radius 2 is 0.449 bits per heavy atom. The van der Waals surface area contributed by atoms with E-state index in [0.29, 0.717) is 19.8 Å². The van der Waals surface area contributed by atoms with Crippen LogP contribution in [0.15, 0.2) is 109 Å². The molecule has 6 rings (SSSR count). The predicted octanol–water partition coefficient (Wildman–Crippen LogP) is 39.4. The lowest BCUT2D eigenvalue weighted by Crippen LogP contribution is -2.19. The number of unbranched alkanes of at least 4 members (excludes halogenated alkanes) is 42. The van der Waals surface area contributed by atoms with Crippen molar-refractivity contribution < 1.29 is 40.7 Å². The fourth-order valence-corrected chi connectivity index (χ4v) is 20.7. The summed E-state index contributed by atoms with van der Waals surface area (Å²) in [6.45, 7) is 45.8. The minimum Gasteiger partial charge on any atom is -0.418 e. The molecule has 12 heteroatoms. The van der Waals surface area contributed by atoms with Crippen molar-refractivity contribution >= 4 is 25.8 Å². The van der Waals surface area contributed by atoms with E-state index in [1.165, 1.54) is 309 Å². The second kappa shape index (κ2) is 65.0. The Morgan fingerprint density at radius 3 is 0.677 bits per heavy atom. The summed E-state index contributed by atoms with van der Waals surface area (Å²) in [6, 6.07) is 40.6. The number of aryl methyl sites for hydroxylation is 6. The molecule has 0 aromatic heterocycles. The Morgan fingerprint density at radius 1 is 0.244 bits per heavy atom. The number of rotatable bonds is 74. The Kier molecular flexibility index (Phi) is 56.8. The number of hydrogen-bond donors (Lipinski definition) is 0. The molecule has 4 unspecified atom stereocenters. The summed E-state index contributed by atoms with van der Waals surface area (Å²) in [5.74, 6) is 4.77. The first-order valence-electron chi connectivity index (χ1n) is 52.5. The van der Waals surface area contributed by atoms with Gasteiger partial charge in [-0.2, -0.15) is 0 Å². The summed E-state index contributed by atoms with van der Waals surface area (Å²) in [6.07, 6.45) is 64.8. The molecule has 0 aliphatic carbocycles. The third-order valence-electron chi connectivity index (χ3n) is 25.8. The van der Waals surface area contributed by atoms with Crippen molar-refractivity contribution in [2.45, 2.75) is 494 Å². The van der Waals surface area contributed by atoms with E-state index in [9.17, 15) is 0 Å². The van der Waals surface area contributed by atoms with Crippen LogP contribution in [0.3, 0.4) is 0 Å². The minimum atomic E-state index is -1.85. The van der Waals surface area contributed by atoms with Gasteiger partial charge in [-0.05, 0) is 212 Å². The van der Waals surface area contributed by atoms with Crippen LogP contribution >= 0.6 is 25.8 Å². The summed E-state index contributed by atoms with van der Waals surface area (Å²) in [5, 5.41) is 0. The standard InChI is InChI=1S/C115H187O9P3/c1-20-26-32-38-44-47-50-53-59-65-83-116-125(119-100-77-71-97(72-78-100)68-62-56-41-35-29-23-4)122-110-87-94(8)103(90-107(110)113(11,12)13)93(7)86-106(104-91-108(114(14,15)16)111(88-95(104)9)123-126(117-84-66-60-54-51-48-45-39-33-27-21-2)120-101-79-73-98(74-80-101)69-63-57-42-36-30-24-5)105-92-109(115(17,18)19)112(89-96(105)10)124-127(118-85-67-61-55-52-49-46-40-34-28-22-3)121-102-81-75-99(76-82-102)70-64-58-43-37-31-25-6/h71-82,87-93,106H,20-70,83-86H2,1-19H3. The first-order chi connectivity index (χ1) is 61.4. The molecule has 0 fully saturated rings. The van der Waals surface area contributed by atoms with E-state index in [-0.39, 0.29) is 28.1 Å². The van der Waals surface area contributed by atoms with Gasteiger partial charge in [-0.3, -0.25) is 13.6 Å². The Bertz CT molecular complexity index is 3620. The number of hydrogen-bond acceptors (Lipinski definition) is 9. The fraction of sp³-hybridized carbons (Fsp3) is 0.687. The SMILES string of the molecule is CCCCCCCCCCCCOP(Oc1ccc(CCCCCCCC)cc1)Oc1cc(C)c(C(C)CC(c2cc(C(C)(C)C)c(OP(OCCCCCCCCCCCC)Oc3ccc(CCCCCCCC)cc3)cc2C)c2cc(C(C)(C)C)c(OP(OCCCCCCCCCCCC)Oc3ccc(CCCCCCCC)cc3)cc2C)cc1C(C)(C)C. The van der Waals surface area contributed by atoms with Crippen molar-refractivity contribution in [1.82, 2.24) is 0 Å². The van der Waals surface area contributed by atoms with E-state index >= 15 is 0 Å². The normalized spacial score (nSPS) is 13.3. The maximum Gasteiger partial charge on any atom is 0.463 e. The topological polar surface area (TPSA) is 83.1 Å². The van der Waals surface area contributed by atoms with E-state index in [1.807, 2.05) is 0 Å². The van der Waals surface area contributed by atoms with Crippen LogP contribution in [0.5, 0.6) is 34.5 Å². The lowest BCUT2D eigenvalue weighted by molar-refractivity contribution is 0.256. The zero-order valence-corrected chi connectivity index (χ0v) is 87.6. The van der Waals surface area contributed by atoms with Crippen LogP contribution in [-0.2, 0) is 49.1 Å². The van der Waals surface area contributed by atoms with Gasteiger partial charge >= 0.3 is 25.8 Å². The van der Waals surface area contributed by atoms with Crippen molar-refractivity contribution in [3.63, 3.8) is 0 Å². The van der Waals surface area contributed by atoms with Gasteiger partial charge in [-0.1, -0.05) is 435 Å². The molecule has 127 heavy (non-hydrogen) atoms. The second-order valence-electron chi connectivity index (χ2n) is 40.8. The van der Waals surface area contributed by atoms with E-state index in [2.05, 4.69) is 241 Å². The first kappa shape index (κ1) is 111. The number of benzene rings is 6. The van der Waals surface area contributed by atoms with E-state index in [0.717, 1.165) is 127 Å². The van der Waals surface area contributed by atoms with Gasteiger partial charge in [0.05, 0.1) is 19.8 Å². The molecule has 9 nitrogen and oxygen atoms in total. The quantitative estimate of drug-likeness (QED) is 0.0274. The third-order valence-corrected chi connectivity index (χ3v) is 29.1. The minimum absolute atomic E-state index is 0.0771. The maximum absolute atomic E-state index is 7.35. The summed E-state index contributed by atoms with van der Waals surface area (Å²) < 4.78 is 63.3. The van der Waals surface area contributed by atoms with Gasteiger partial charge in [0.25, 0.3) is 0 Å². The Balaban J connectivity index is 1.44. The smallest absolute Gasteiger partial charge is 0.418 e. The van der Waals surface area contributed by atoms with Gasteiger partial charge in [0.15, 0.2) is 0 Å². The van der Waals surface area contributed by atoms with Gasteiger partial charge in [0, 0.05) is 22.6 Å². The molecule has 0 heterocycles. The molecule has 0 amide bonds. The summed E-state index contributed by atoms with van der Waals surface area (Å²) >= 11 is 0. The fourth-order valence-electron chi connectivity index (χ4n) is 17.6. The average molecular weight is 1810 g/mol. The van der Waals surface area contributed by atoms with E-state index in [1.54, 1.807) is 0 Å². The monoisotopic (exact) mass is 1810 g/mol. The molecule has 6 aromatic rings. The van der Waals surface area contributed by atoms with Crippen molar-refractivity contribution in [1.29, 1.82) is 0 Å². The van der Waals surface area contributed by atoms with Gasteiger partial charge < -0.3 is 27.1 Å². The van der Waals surface area contributed by atoms with Crippen LogP contribution in [0.4, 0.5) is 0 Å². The highest BCUT2D eigenvalue weighted by atomic mass is 31.2. The molecular formula is C115H187O9P3. The zero-order valence-electron chi connectivity index (χ0n) is 85.0. The van der Waals surface area contributed by atoms with Crippen molar-refractivity contribution in [3.8, 4) is 34.5 Å². The van der Waals surface area contributed by atoms with Crippen molar-refractivity contribution in [2.24, 2.45) is 0 Å². The molecule has 0 spiro atoms. The summed E-state index contributed by atoms with van der Waals surface area (Å²) in [7, 11) is -5.50. The average Bonchev–Trinajstić information content (AvgIpc) is 0.760. The lowest BCUT2D eigenvalue weighted by atomic mass is 9.74. The molecule has 0 aliphatic rings. The van der Waals surface area contributed by atoms with Crippen LogP contribution < -0.4 is 27.1 Å². The zero-order chi connectivity index (χ0) is 91.8. The molecule has 0 saturated carbocycles. The Hall–Kier alpha value is -4.71. The van der Waals surface area contributed by atoms with Crippen molar-refractivity contribution in [3.05, 3.63) is 176 Å². The van der Waals surface area contributed by atoms with Crippen LogP contribution in [0.25, 0.3) is 0 Å². The predicted molar refractivity (Wildman–Crippen MR) is 553 cm³/mol. The molecule has 716 valence electrons. The third kappa shape index (κ3) is 45.7. The van der Waals surface area contributed by atoms with Crippen molar-refractivity contribution in [2.75, 3.05) is 19.8 Å². The molecule has 6 aromatic carbocycles. The van der Waals surface area contributed by atoms with E-state index < -0.39 is 25.8 Å². The molecule has 0 saturated heterocycles. The van der Waals surface area contributed by atoms with Crippen LogP contribution in [0, 0.1) is 20.8 Å². The molecular weight excluding hydrogens is 1620 g/mol. The highest BCUT2D eigenvalue weighted by Crippen LogP contribution is 2.53. The molecule has 0 bridgehead atoms. The summed E-state index contributed by atoms with van der Waals surface area (Å²) in [5.41, 5.74) is 13.8. The summed E-state index contributed by atoms with van der Waals surface area (Å²) in [4.78, 5) is 0. The lowest BCUT2D eigenvalue weighted by Gasteiger charge is -2.33. The largest absolute Gasteiger partial charge is 0.463 e. The van der Waals surface area contributed by atoms with Gasteiger partial charge in [-0.15, -0.1) is 0 Å². The molecule has 0 N–H and O–H groups in total. The van der Waals surface area contributed by atoms with Gasteiger partial charge in [0.2, 0.25) is 0 Å². The van der Waals surface area contributed by atoms with Gasteiger partial charge in [-0.25, -0.2) is 0 Å². The Labute approximate surface area is 785 Å². The highest BCUT2D eigenvalue weighted by molar-refractivity contribution is 7.43. The molecule has 0 aliphatic heterocycles. The maximum atomic E-state index is 7.35. The first-order valence-corrected chi connectivity index (χ1v) is 55.8. The van der Waals surface area contributed by atoms with E-state index in [4.69, 9.17) is 40.7 Å². The highest BCUT2D eigenvalue weighted by Gasteiger charge is 2.35. The molecule has 0 radical (unpaired) electrons. The molecule has 4 atom stereocenters.